The minimum atomic E-state index is -1.86. The summed E-state index contributed by atoms with van der Waals surface area (Å²) in [5, 5.41) is 34.8. The van der Waals surface area contributed by atoms with Crippen molar-refractivity contribution in [1.82, 2.24) is 15.5 Å². The maximum Gasteiger partial charge on any atom is 0.408 e. The number of thioether (sulfide) groups is 1. The molecule has 2 rings (SSSR count). The van der Waals surface area contributed by atoms with Crippen LogP contribution in [0.3, 0.4) is 0 Å². The summed E-state index contributed by atoms with van der Waals surface area (Å²) < 4.78 is 9.77. The summed E-state index contributed by atoms with van der Waals surface area (Å²) in [6, 6.07) is -3.88. The van der Waals surface area contributed by atoms with E-state index in [9.17, 15) is 34.5 Å². The predicted molar refractivity (Wildman–Crippen MR) is 108 cm³/mol. The number of methoxy groups -OCH3 is 1. The van der Waals surface area contributed by atoms with Crippen LogP contribution in [0.1, 0.15) is 27.7 Å². The lowest BCUT2D eigenvalue weighted by atomic mass is 10.0. The van der Waals surface area contributed by atoms with Gasteiger partial charge >= 0.3 is 12.1 Å². The number of nitrogens with zero attached hydrogens (tertiary/aromatic N) is 1. The Bertz CT molecular complexity index is 729. The minimum Gasteiger partial charge on any atom is -0.467 e. The van der Waals surface area contributed by atoms with Gasteiger partial charge in [0, 0.05) is 5.75 Å². The molecule has 0 radical (unpaired) electrons. The summed E-state index contributed by atoms with van der Waals surface area (Å²) in [5.41, 5.74) is -0.792. The van der Waals surface area contributed by atoms with Crippen LogP contribution < -0.4 is 10.6 Å². The fourth-order valence-corrected chi connectivity index (χ4v) is 4.68. The molecule has 0 bridgehead atoms. The van der Waals surface area contributed by atoms with Gasteiger partial charge in [0.2, 0.25) is 11.8 Å². The van der Waals surface area contributed by atoms with E-state index in [0.29, 0.717) is 0 Å². The van der Waals surface area contributed by atoms with Crippen LogP contribution in [0.25, 0.3) is 0 Å². The van der Waals surface area contributed by atoms with Crippen LogP contribution in [-0.2, 0) is 23.9 Å². The van der Waals surface area contributed by atoms with Gasteiger partial charge < -0.3 is 40.3 Å². The number of aliphatic hydroxyl groups is 3. The zero-order chi connectivity index (χ0) is 23.7. The van der Waals surface area contributed by atoms with Crippen molar-refractivity contribution in [3.8, 4) is 0 Å². The van der Waals surface area contributed by atoms with Crippen LogP contribution in [0, 0.1) is 0 Å². The van der Waals surface area contributed by atoms with E-state index in [4.69, 9.17) is 9.47 Å². The molecule has 0 saturated carbocycles. The van der Waals surface area contributed by atoms with E-state index in [1.165, 1.54) is 6.92 Å². The molecule has 2 saturated heterocycles. The number of rotatable bonds is 4. The van der Waals surface area contributed by atoms with Crippen LogP contribution in [0.15, 0.2) is 0 Å². The molecule has 31 heavy (non-hydrogen) atoms. The van der Waals surface area contributed by atoms with Gasteiger partial charge in [-0.2, -0.15) is 0 Å². The first-order chi connectivity index (χ1) is 14.3. The third-order valence-corrected chi connectivity index (χ3v) is 6.14. The molecule has 7 atom stereocenters. The number of alkyl carbamates (subject to hydrolysis) is 1. The lowest BCUT2D eigenvalue weighted by Crippen LogP contribution is -2.60. The molecule has 176 valence electrons. The lowest BCUT2D eigenvalue weighted by molar-refractivity contribution is -0.153. The van der Waals surface area contributed by atoms with E-state index in [-0.39, 0.29) is 5.75 Å². The monoisotopic (exact) mass is 463 g/mol. The second-order valence-electron chi connectivity index (χ2n) is 8.33. The molecule has 0 aromatic rings. The van der Waals surface area contributed by atoms with Crippen molar-refractivity contribution in [3.05, 3.63) is 0 Å². The fourth-order valence-electron chi connectivity index (χ4n) is 3.24. The van der Waals surface area contributed by atoms with Crippen LogP contribution in [0.5, 0.6) is 0 Å². The molecule has 13 heteroatoms. The van der Waals surface area contributed by atoms with Crippen LogP contribution in [0.4, 0.5) is 4.79 Å². The van der Waals surface area contributed by atoms with E-state index < -0.39 is 71.3 Å². The smallest absolute Gasteiger partial charge is 0.408 e. The molecule has 0 unspecified atom stereocenters. The van der Waals surface area contributed by atoms with Gasteiger partial charge in [0.15, 0.2) is 0 Å². The number of ether oxygens (including phenoxy) is 2. The van der Waals surface area contributed by atoms with E-state index in [1.54, 1.807) is 20.8 Å². The minimum absolute atomic E-state index is 0.111. The number of esters is 1. The number of carbonyl (C=O) groups is 4. The molecule has 2 fully saturated rings. The number of carbonyl (C=O) groups excluding carboxylic acids is 4. The third kappa shape index (κ3) is 5.59. The molecule has 0 aromatic heterocycles. The van der Waals surface area contributed by atoms with E-state index in [1.807, 2.05) is 0 Å². The molecule has 12 nitrogen and oxygen atoms in total. The lowest BCUT2D eigenvalue weighted by Gasteiger charge is -2.30. The summed E-state index contributed by atoms with van der Waals surface area (Å²) in [6.45, 7) is 6.27. The largest absolute Gasteiger partial charge is 0.467 e. The Morgan fingerprint density at radius 2 is 1.77 bits per heavy atom. The van der Waals surface area contributed by atoms with Gasteiger partial charge in [-0.25, -0.2) is 9.59 Å². The highest BCUT2D eigenvalue weighted by atomic mass is 32.2. The van der Waals surface area contributed by atoms with Gasteiger partial charge in [0.25, 0.3) is 0 Å². The summed E-state index contributed by atoms with van der Waals surface area (Å²) in [4.78, 5) is 50.7. The average Bonchev–Trinajstić information content (AvgIpc) is 3.10. The van der Waals surface area contributed by atoms with Crippen molar-refractivity contribution in [1.29, 1.82) is 0 Å². The maximum absolute atomic E-state index is 13.1. The number of hydrogen-bond donors (Lipinski definition) is 5. The topological polar surface area (TPSA) is 175 Å². The Morgan fingerprint density at radius 1 is 1.16 bits per heavy atom. The second-order valence-corrected chi connectivity index (χ2v) is 9.48. The second kappa shape index (κ2) is 9.59. The Kier molecular flexibility index (Phi) is 7.79. The molecular formula is C18H29N3O9S. The number of amides is 3. The average molecular weight is 464 g/mol. The Labute approximate surface area is 183 Å². The molecule has 0 spiro atoms. The first-order valence-corrected chi connectivity index (χ1v) is 10.7. The van der Waals surface area contributed by atoms with Gasteiger partial charge in [-0.15, -0.1) is 11.8 Å². The van der Waals surface area contributed by atoms with Crippen molar-refractivity contribution in [3.63, 3.8) is 0 Å². The normalized spacial score (nSPS) is 31.9. The van der Waals surface area contributed by atoms with Crippen molar-refractivity contribution >= 4 is 35.6 Å². The SMILES string of the molecule is COC(=O)[C@@H]1CS[C@@H]2[C@H](O)[C@@H](O)[C@H](O)[C@H](NC(=O)[C@H](C)NC(=O)OC(C)(C)C)C(=O)N21. The van der Waals surface area contributed by atoms with Crippen molar-refractivity contribution in [2.45, 2.75) is 75.1 Å². The first-order valence-electron chi connectivity index (χ1n) is 9.64. The van der Waals surface area contributed by atoms with E-state index in [0.717, 1.165) is 23.8 Å². The Hall–Kier alpha value is -2.09. The first kappa shape index (κ1) is 25.2. The highest BCUT2D eigenvalue weighted by Gasteiger charge is 2.55. The number of aliphatic hydroxyl groups excluding tert-OH is 3. The van der Waals surface area contributed by atoms with Crippen LogP contribution in [0.2, 0.25) is 0 Å². The van der Waals surface area contributed by atoms with Gasteiger partial charge in [-0.1, -0.05) is 0 Å². The fraction of sp³-hybridized carbons (Fsp3) is 0.778. The number of hydrogen-bond acceptors (Lipinski definition) is 10. The van der Waals surface area contributed by atoms with Crippen molar-refractivity contribution in [2.75, 3.05) is 12.9 Å². The highest BCUT2D eigenvalue weighted by Crippen LogP contribution is 2.36. The predicted octanol–water partition coefficient (Wildman–Crippen LogP) is -2.08. The zero-order valence-corrected chi connectivity index (χ0v) is 18.7. The molecule has 0 aliphatic carbocycles. The Morgan fingerprint density at radius 3 is 2.32 bits per heavy atom. The highest BCUT2D eigenvalue weighted by molar-refractivity contribution is 8.00. The molecule has 2 heterocycles. The van der Waals surface area contributed by atoms with Crippen molar-refractivity contribution < 1.29 is 44.0 Å². The zero-order valence-electron chi connectivity index (χ0n) is 17.9. The summed E-state index contributed by atoms with van der Waals surface area (Å²) >= 11 is 1.05. The third-order valence-electron chi connectivity index (χ3n) is 4.79. The molecular weight excluding hydrogens is 434 g/mol. The number of nitrogens with one attached hydrogen (secondary N) is 2. The number of fused-ring (bicyclic) bond motifs is 1. The van der Waals surface area contributed by atoms with Crippen molar-refractivity contribution in [2.24, 2.45) is 0 Å². The van der Waals surface area contributed by atoms with Crippen LogP contribution in [-0.4, -0.2) is 104 Å². The van der Waals surface area contributed by atoms with Crippen LogP contribution >= 0.6 is 11.8 Å². The summed E-state index contributed by atoms with van der Waals surface area (Å²) in [5.74, 6) is -2.33. The van der Waals surface area contributed by atoms with Gasteiger partial charge in [0.1, 0.15) is 47.4 Å². The quantitative estimate of drug-likeness (QED) is 0.291. The van der Waals surface area contributed by atoms with Gasteiger partial charge in [-0.05, 0) is 27.7 Å². The molecule has 2 aliphatic heterocycles. The maximum atomic E-state index is 13.1. The van der Waals surface area contributed by atoms with E-state index >= 15 is 0 Å². The summed E-state index contributed by atoms with van der Waals surface area (Å²) in [6.07, 6.45) is -6.06. The molecule has 3 amide bonds. The Balaban J connectivity index is 2.20. The molecule has 0 aromatic carbocycles. The summed E-state index contributed by atoms with van der Waals surface area (Å²) in [7, 11) is 1.14. The van der Waals surface area contributed by atoms with E-state index in [2.05, 4.69) is 10.6 Å². The molecule has 2 aliphatic rings. The standard InChI is InChI=1S/C18H29N3O9S/c1-7(19-17(28)30-18(2,3)4)13(25)20-9-10(22)11(23)12(24)15-21(14(9)26)8(6-31-15)16(27)29-5/h7-12,15,22-24H,6H2,1-5H3,(H,19,28)(H,20,25)/t7-,8-,9-,10+,11-,12+,15+/m0/s1. The van der Waals surface area contributed by atoms with Gasteiger partial charge in [0.05, 0.1) is 7.11 Å². The van der Waals surface area contributed by atoms with Gasteiger partial charge in [-0.3, -0.25) is 9.59 Å². The molecule has 5 N–H and O–H groups in total.